The van der Waals surface area contributed by atoms with E-state index in [0.29, 0.717) is 24.0 Å². The highest BCUT2D eigenvalue weighted by Gasteiger charge is 2.26. The molecule has 0 atom stereocenters. The fourth-order valence-electron chi connectivity index (χ4n) is 1.82. The molecule has 0 spiro atoms. The minimum Gasteiger partial charge on any atom is -0.288 e. The van der Waals surface area contributed by atoms with Crippen molar-refractivity contribution in [2.24, 2.45) is 0 Å². The molecule has 0 bridgehead atoms. The zero-order valence-corrected chi connectivity index (χ0v) is 10.8. The summed E-state index contributed by atoms with van der Waals surface area (Å²) < 4.78 is 21.5. The lowest BCUT2D eigenvalue weighted by atomic mass is 10.0. The first-order chi connectivity index (χ1) is 8.37. The molecule has 18 heavy (non-hydrogen) atoms. The summed E-state index contributed by atoms with van der Waals surface area (Å²) in [5.74, 6) is -0.928. The van der Waals surface area contributed by atoms with Crippen molar-refractivity contribution in [2.75, 3.05) is 5.75 Å². The Morgan fingerprint density at radius 3 is 2.44 bits per heavy atom. The van der Waals surface area contributed by atoms with E-state index >= 15 is 0 Å². The average Bonchev–Trinajstić information content (AvgIpc) is 2.53. The number of rotatable bonds is 4. The van der Waals surface area contributed by atoms with Gasteiger partial charge in [-0.3, -0.25) is 14.9 Å². The van der Waals surface area contributed by atoms with Gasteiger partial charge >= 0.3 is 0 Å². The molecular formula is C11H10ClNO4S. The topological polar surface area (TPSA) is 80.3 Å². The van der Waals surface area contributed by atoms with E-state index in [0.717, 1.165) is 5.56 Å². The first-order valence-electron chi connectivity index (χ1n) is 5.28. The Morgan fingerprint density at radius 1 is 1.11 bits per heavy atom. The van der Waals surface area contributed by atoms with E-state index in [4.69, 9.17) is 10.7 Å². The van der Waals surface area contributed by atoms with Crippen LogP contribution < -0.4 is 5.32 Å². The van der Waals surface area contributed by atoms with E-state index in [2.05, 4.69) is 5.32 Å². The third kappa shape index (κ3) is 2.88. The van der Waals surface area contributed by atoms with Gasteiger partial charge in [0.1, 0.15) is 0 Å². The summed E-state index contributed by atoms with van der Waals surface area (Å²) in [6.07, 6.45) is 0.862. The predicted molar refractivity (Wildman–Crippen MR) is 66.2 cm³/mol. The Kier molecular flexibility index (Phi) is 3.41. The smallest absolute Gasteiger partial charge is 0.258 e. The molecule has 96 valence electrons. The third-order valence-corrected chi connectivity index (χ3v) is 3.89. The first kappa shape index (κ1) is 13.0. The van der Waals surface area contributed by atoms with Crippen LogP contribution in [0.2, 0.25) is 0 Å². The molecule has 0 saturated carbocycles. The molecule has 1 heterocycles. The number of nitrogens with one attached hydrogen (secondary N) is 1. The van der Waals surface area contributed by atoms with E-state index in [1.807, 2.05) is 0 Å². The van der Waals surface area contributed by atoms with Crippen LogP contribution in [0.5, 0.6) is 0 Å². The number of halogens is 1. The number of aryl methyl sites for hydroxylation is 1. The Labute approximate surface area is 109 Å². The van der Waals surface area contributed by atoms with Crippen molar-refractivity contribution in [1.29, 1.82) is 0 Å². The van der Waals surface area contributed by atoms with Gasteiger partial charge in [-0.25, -0.2) is 8.42 Å². The molecule has 2 amide bonds. The van der Waals surface area contributed by atoms with Crippen LogP contribution in [0, 0.1) is 0 Å². The molecule has 1 aliphatic heterocycles. The molecule has 1 aromatic carbocycles. The molecule has 1 aromatic rings. The molecule has 0 radical (unpaired) electrons. The molecule has 0 saturated heterocycles. The van der Waals surface area contributed by atoms with E-state index in [1.165, 1.54) is 0 Å². The van der Waals surface area contributed by atoms with Crippen molar-refractivity contribution in [3.63, 3.8) is 0 Å². The zero-order chi connectivity index (χ0) is 13.3. The van der Waals surface area contributed by atoms with E-state index in [-0.39, 0.29) is 5.75 Å². The molecule has 0 unspecified atom stereocenters. The third-order valence-electron chi connectivity index (χ3n) is 2.65. The Hall–Kier alpha value is -1.40. The Bertz CT molecular complexity index is 624. The Morgan fingerprint density at radius 2 is 1.78 bits per heavy atom. The van der Waals surface area contributed by atoms with Crippen LogP contribution in [0.1, 0.15) is 32.7 Å². The highest BCUT2D eigenvalue weighted by atomic mass is 35.7. The van der Waals surface area contributed by atoms with Crippen LogP contribution in [0.25, 0.3) is 0 Å². The largest absolute Gasteiger partial charge is 0.288 e. The summed E-state index contributed by atoms with van der Waals surface area (Å²) in [4.78, 5) is 22.7. The molecule has 7 heteroatoms. The summed E-state index contributed by atoms with van der Waals surface area (Å²) in [6, 6.07) is 4.88. The standard InChI is InChI=1S/C11H10ClNO4S/c12-18(16,17)5-1-2-7-3-4-8-9(6-7)11(15)13-10(8)14/h3-4,6H,1-2,5H2,(H,13,14,15). The number of hydrogen-bond acceptors (Lipinski definition) is 4. The predicted octanol–water partition coefficient (Wildman–Crippen LogP) is 1.07. The first-order valence-corrected chi connectivity index (χ1v) is 7.75. The summed E-state index contributed by atoms with van der Waals surface area (Å²) >= 11 is 0. The summed E-state index contributed by atoms with van der Waals surface area (Å²) in [7, 11) is 1.61. The Balaban J connectivity index is 2.11. The maximum absolute atomic E-state index is 11.4. The van der Waals surface area contributed by atoms with Crippen molar-refractivity contribution < 1.29 is 18.0 Å². The zero-order valence-electron chi connectivity index (χ0n) is 9.27. The maximum atomic E-state index is 11.4. The van der Waals surface area contributed by atoms with Gasteiger partial charge in [0, 0.05) is 10.7 Å². The van der Waals surface area contributed by atoms with Crippen molar-refractivity contribution in [1.82, 2.24) is 5.32 Å². The van der Waals surface area contributed by atoms with Crippen LogP contribution in [-0.4, -0.2) is 26.0 Å². The number of benzene rings is 1. The lowest BCUT2D eigenvalue weighted by molar-refractivity contribution is 0.0879. The van der Waals surface area contributed by atoms with Crippen LogP contribution >= 0.6 is 10.7 Å². The van der Waals surface area contributed by atoms with Crippen molar-refractivity contribution in [3.05, 3.63) is 34.9 Å². The van der Waals surface area contributed by atoms with Gasteiger partial charge in [0.05, 0.1) is 16.9 Å². The van der Waals surface area contributed by atoms with Crippen molar-refractivity contribution in [3.8, 4) is 0 Å². The summed E-state index contributed by atoms with van der Waals surface area (Å²) in [5.41, 5.74) is 1.50. The fraction of sp³-hybridized carbons (Fsp3) is 0.273. The second-order valence-electron chi connectivity index (χ2n) is 4.01. The summed E-state index contributed by atoms with van der Waals surface area (Å²) in [5, 5.41) is 2.19. The maximum Gasteiger partial charge on any atom is 0.258 e. The lowest BCUT2D eigenvalue weighted by Gasteiger charge is -2.02. The van der Waals surface area contributed by atoms with Gasteiger partial charge in [-0.15, -0.1) is 0 Å². The number of fused-ring (bicyclic) bond motifs is 1. The fourth-order valence-corrected chi connectivity index (χ4v) is 2.64. The van der Waals surface area contributed by atoms with Crippen LogP contribution in [0.15, 0.2) is 18.2 Å². The monoisotopic (exact) mass is 287 g/mol. The minimum absolute atomic E-state index is 0.114. The average molecular weight is 288 g/mol. The molecule has 5 nitrogen and oxygen atoms in total. The molecule has 0 aliphatic carbocycles. The number of hydrogen-bond donors (Lipinski definition) is 1. The molecule has 2 rings (SSSR count). The SMILES string of the molecule is O=C1NC(=O)c2cc(CCCS(=O)(=O)Cl)ccc21. The highest BCUT2D eigenvalue weighted by molar-refractivity contribution is 8.13. The molecule has 0 aromatic heterocycles. The molecule has 1 aliphatic rings. The number of imide groups is 1. The van der Waals surface area contributed by atoms with Gasteiger partial charge in [0.25, 0.3) is 11.8 Å². The highest BCUT2D eigenvalue weighted by Crippen LogP contribution is 2.18. The van der Waals surface area contributed by atoms with Crippen LogP contribution in [0.3, 0.4) is 0 Å². The second kappa shape index (κ2) is 4.70. The quantitative estimate of drug-likeness (QED) is 0.663. The second-order valence-corrected chi connectivity index (χ2v) is 6.91. The van der Waals surface area contributed by atoms with Crippen molar-refractivity contribution in [2.45, 2.75) is 12.8 Å². The van der Waals surface area contributed by atoms with Gasteiger partial charge in [-0.1, -0.05) is 6.07 Å². The van der Waals surface area contributed by atoms with Crippen LogP contribution in [-0.2, 0) is 15.5 Å². The van der Waals surface area contributed by atoms with E-state index < -0.39 is 20.9 Å². The van der Waals surface area contributed by atoms with Gasteiger partial charge in [-0.2, -0.15) is 0 Å². The van der Waals surface area contributed by atoms with E-state index in [9.17, 15) is 18.0 Å². The van der Waals surface area contributed by atoms with Gasteiger partial charge in [0.15, 0.2) is 0 Å². The summed E-state index contributed by atoms with van der Waals surface area (Å²) in [6.45, 7) is 0. The molecular weight excluding hydrogens is 278 g/mol. The normalized spacial score (nSPS) is 14.5. The number of carbonyl (C=O) groups excluding carboxylic acids is 2. The van der Waals surface area contributed by atoms with E-state index in [1.54, 1.807) is 18.2 Å². The number of carbonyl (C=O) groups is 2. The number of amides is 2. The van der Waals surface area contributed by atoms with Gasteiger partial charge in [0.2, 0.25) is 9.05 Å². The van der Waals surface area contributed by atoms with Crippen molar-refractivity contribution >= 4 is 31.5 Å². The van der Waals surface area contributed by atoms with Gasteiger partial charge < -0.3 is 0 Å². The molecule has 0 fully saturated rings. The minimum atomic E-state index is -3.49. The lowest BCUT2D eigenvalue weighted by Crippen LogP contribution is -2.19. The van der Waals surface area contributed by atoms with Crippen LogP contribution in [0.4, 0.5) is 0 Å². The van der Waals surface area contributed by atoms with Gasteiger partial charge in [-0.05, 0) is 30.5 Å². The molecule has 1 N–H and O–H groups in total.